The predicted octanol–water partition coefficient (Wildman–Crippen LogP) is 3.69. The number of hydrazone groups is 1. The van der Waals surface area contributed by atoms with Gasteiger partial charge in [0.1, 0.15) is 6.04 Å². The van der Waals surface area contributed by atoms with Crippen molar-refractivity contribution in [2.45, 2.75) is 11.8 Å². The van der Waals surface area contributed by atoms with E-state index in [2.05, 4.69) is 15.8 Å². The molecule has 0 radical (unpaired) electrons. The van der Waals surface area contributed by atoms with Crippen molar-refractivity contribution in [2.24, 2.45) is 5.10 Å². The number of nitrogens with one attached hydrogen (secondary N) is 2. The molecular formula is C24H21N5O6S. The minimum Gasteiger partial charge on any atom is -0.339 e. The van der Waals surface area contributed by atoms with Crippen LogP contribution in [0.5, 0.6) is 0 Å². The number of amides is 2. The second kappa shape index (κ2) is 12.8. The average Bonchev–Trinajstić information content (AvgIpc) is 2.89. The fraction of sp³-hybridized carbons (Fsp3) is 0.125. The molecule has 0 aliphatic carbocycles. The quantitative estimate of drug-likeness (QED) is 0.228. The van der Waals surface area contributed by atoms with Gasteiger partial charge in [-0.15, -0.1) is 0 Å². The Morgan fingerprint density at radius 3 is 2.06 bits per heavy atom. The minimum atomic E-state index is -0.949. The third-order valence-corrected chi connectivity index (χ3v) is 5.96. The number of nitro groups is 2. The lowest BCUT2D eigenvalue weighted by molar-refractivity contribution is -0.385. The highest BCUT2D eigenvalue weighted by molar-refractivity contribution is 7.98. The molecular weight excluding hydrogens is 486 g/mol. The number of carbonyl (C=O) groups excluding carboxylic acids is 2. The fourth-order valence-electron chi connectivity index (χ4n) is 2.96. The second-order valence-corrected chi connectivity index (χ2v) is 8.44. The summed E-state index contributed by atoms with van der Waals surface area (Å²) >= 11 is 1.44. The second-order valence-electron chi connectivity index (χ2n) is 7.41. The summed E-state index contributed by atoms with van der Waals surface area (Å²) in [6, 6.07) is 19.3. The first-order valence-electron chi connectivity index (χ1n) is 10.6. The standard InChI is InChI=1S/C24H21N5O6S/c30-23(19-8-12-21(13-9-19)29(34)35)26-22(16-36-15-18-4-2-1-3-5-18)24(31)27-25-14-17-6-10-20(11-7-17)28(32)33/h1-14,22H,15-16H2,(H,26,30)(H,27,31). The van der Waals surface area contributed by atoms with Crippen LogP contribution in [0.15, 0.2) is 84.0 Å². The van der Waals surface area contributed by atoms with Crippen LogP contribution in [0.2, 0.25) is 0 Å². The molecule has 0 aliphatic rings. The number of benzene rings is 3. The Hall–Kier alpha value is -4.58. The Balaban J connectivity index is 1.65. The van der Waals surface area contributed by atoms with Gasteiger partial charge in [0.05, 0.1) is 16.1 Å². The van der Waals surface area contributed by atoms with Crippen molar-refractivity contribution in [1.29, 1.82) is 0 Å². The molecule has 36 heavy (non-hydrogen) atoms. The van der Waals surface area contributed by atoms with E-state index in [1.807, 2.05) is 30.3 Å². The predicted molar refractivity (Wildman–Crippen MR) is 136 cm³/mol. The van der Waals surface area contributed by atoms with E-state index in [0.29, 0.717) is 11.3 Å². The van der Waals surface area contributed by atoms with Crippen LogP contribution in [-0.2, 0) is 10.5 Å². The zero-order valence-electron chi connectivity index (χ0n) is 18.8. The number of non-ortho nitro benzene ring substituents is 2. The van der Waals surface area contributed by atoms with E-state index in [9.17, 15) is 29.8 Å². The molecule has 0 spiro atoms. The number of carbonyl (C=O) groups is 2. The van der Waals surface area contributed by atoms with Gasteiger partial charge >= 0.3 is 0 Å². The van der Waals surface area contributed by atoms with Crippen molar-refractivity contribution in [3.8, 4) is 0 Å². The molecule has 3 aromatic carbocycles. The Morgan fingerprint density at radius 1 is 0.889 bits per heavy atom. The van der Waals surface area contributed by atoms with Gasteiger partial charge in [-0.2, -0.15) is 16.9 Å². The van der Waals surface area contributed by atoms with E-state index in [0.717, 1.165) is 5.56 Å². The summed E-state index contributed by atoms with van der Waals surface area (Å²) in [5.41, 5.74) is 3.91. The van der Waals surface area contributed by atoms with E-state index in [1.165, 1.54) is 66.5 Å². The summed E-state index contributed by atoms with van der Waals surface area (Å²) in [5, 5.41) is 28.1. The lowest BCUT2D eigenvalue weighted by atomic mass is 10.2. The lowest BCUT2D eigenvalue weighted by Gasteiger charge is -2.17. The molecule has 1 unspecified atom stereocenters. The maximum Gasteiger partial charge on any atom is 0.269 e. The summed E-state index contributed by atoms with van der Waals surface area (Å²) < 4.78 is 0. The van der Waals surface area contributed by atoms with Crippen LogP contribution in [0, 0.1) is 20.2 Å². The van der Waals surface area contributed by atoms with Crippen molar-refractivity contribution >= 4 is 41.2 Å². The van der Waals surface area contributed by atoms with Gasteiger partial charge in [-0.05, 0) is 35.4 Å². The van der Waals surface area contributed by atoms with Gasteiger partial charge < -0.3 is 5.32 Å². The van der Waals surface area contributed by atoms with E-state index in [4.69, 9.17) is 0 Å². The highest BCUT2D eigenvalue weighted by Gasteiger charge is 2.22. The van der Waals surface area contributed by atoms with E-state index >= 15 is 0 Å². The van der Waals surface area contributed by atoms with Crippen LogP contribution in [0.1, 0.15) is 21.5 Å². The van der Waals surface area contributed by atoms with Crippen molar-refractivity contribution in [3.05, 3.63) is 116 Å². The molecule has 2 amide bonds. The first-order chi connectivity index (χ1) is 17.3. The van der Waals surface area contributed by atoms with Gasteiger partial charge in [0.15, 0.2) is 0 Å². The molecule has 0 aliphatic heterocycles. The molecule has 11 nitrogen and oxygen atoms in total. The van der Waals surface area contributed by atoms with E-state index < -0.39 is 27.7 Å². The van der Waals surface area contributed by atoms with Gasteiger partial charge in [-0.25, -0.2) is 5.43 Å². The van der Waals surface area contributed by atoms with E-state index in [-0.39, 0.29) is 22.7 Å². The highest BCUT2D eigenvalue weighted by atomic mass is 32.2. The van der Waals surface area contributed by atoms with Crippen LogP contribution in [0.25, 0.3) is 0 Å². The van der Waals surface area contributed by atoms with E-state index in [1.54, 1.807) is 0 Å². The molecule has 0 heterocycles. The summed E-state index contributed by atoms with van der Waals surface area (Å²) in [5.74, 6) is -0.273. The van der Waals surface area contributed by atoms with Crippen LogP contribution in [0.4, 0.5) is 11.4 Å². The van der Waals surface area contributed by atoms with Gasteiger partial charge in [-0.1, -0.05) is 30.3 Å². The third kappa shape index (κ3) is 7.74. The summed E-state index contributed by atoms with van der Waals surface area (Å²) in [6.07, 6.45) is 1.33. The third-order valence-electron chi connectivity index (χ3n) is 4.85. The van der Waals surface area contributed by atoms with Crippen molar-refractivity contribution in [1.82, 2.24) is 10.7 Å². The zero-order chi connectivity index (χ0) is 25.9. The molecule has 12 heteroatoms. The number of thioether (sulfide) groups is 1. The van der Waals surface area contributed by atoms with Gasteiger partial charge in [0, 0.05) is 41.3 Å². The van der Waals surface area contributed by atoms with Crippen LogP contribution in [-0.4, -0.2) is 39.7 Å². The SMILES string of the molecule is O=C(NC(CSCc1ccccc1)C(=O)NN=Cc1ccc([N+](=O)[O-])cc1)c1ccc([N+](=O)[O-])cc1. The Labute approximate surface area is 209 Å². The smallest absolute Gasteiger partial charge is 0.269 e. The molecule has 184 valence electrons. The van der Waals surface area contributed by atoms with Crippen molar-refractivity contribution in [2.75, 3.05) is 5.75 Å². The van der Waals surface area contributed by atoms with Crippen LogP contribution >= 0.6 is 11.8 Å². The van der Waals surface area contributed by atoms with Crippen molar-refractivity contribution in [3.63, 3.8) is 0 Å². The molecule has 0 saturated carbocycles. The number of nitro benzene ring substituents is 2. The molecule has 1 atom stereocenters. The maximum absolute atomic E-state index is 12.8. The summed E-state index contributed by atoms with van der Waals surface area (Å²) in [7, 11) is 0. The number of rotatable bonds is 11. The molecule has 0 bridgehead atoms. The topological polar surface area (TPSA) is 157 Å². The first-order valence-corrected chi connectivity index (χ1v) is 11.7. The molecule has 2 N–H and O–H groups in total. The fourth-order valence-corrected chi connectivity index (χ4v) is 3.97. The summed E-state index contributed by atoms with van der Waals surface area (Å²) in [4.78, 5) is 46.0. The Kier molecular flexibility index (Phi) is 9.23. The largest absolute Gasteiger partial charge is 0.339 e. The Bertz CT molecular complexity index is 1250. The molecule has 0 fully saturated rings. The van der Waals surface area contributed by atoms with Gasteiger partial charge in [0.25, 0.3) is 23.2 Å². The minimum absolute atomic E-state index is 0.0688. The van der Waals surface area contributed by atoms with Crippen LogP contribution < -0.4 is 10.7 Å². The lowest BCUT2D eigenvalue weighted by Crippen LogP contribution is -2.47. The molecule has 0 aromatic heterocycles. The zero-order valence-corrected chi connectivity index (χ0v) is 19.6. The average molecular weight is 508 g/mol. The molecule has 3 aromatic rings. The number of nitrogens with zero attached hydrogens (tertiary/aromatic N) is 3. The maximum atomic E-state index is 12.8. The van der Waals surface area contributed by atoms with Gasteiger partial charge in [-0.3, -0.25) is 29.8 Å². The van der Waals surface area contributed by atoms with Crippen molar-refractivity contribution < 1.29 is 19.4 Å². The first kappa shape index (κ1) is 26.0. The number of hydrogen-bond acceptors (Lipinski definition) is 8. The van der Waals surface area contributed by atoms with Crippen LogP contribution in [0.3, 0.4) is 0 Å². The number of hydrogen-bond donors (Lipinski definition) is 2. The normalized spacial score (nSPS) is 11.6. The Morgan fingerprint density at radius 2 is 1.47 bits per heavy atom. The highest BCUT2D eigenvalue weighted by Crippen LogP contribution is 2.15. The molecule has 3 rings (SSSR count). The van der Waals surface area contributed by atoms with Gasteiger partial charge in [0.2, 0.25) is 0 Å². The molecule has 0 saturated heterocycles. The monoisotopic (exact) mass is 507 g/mol. The summed E-state index contributed by atoms with van der Waals surface area (Å²) in [6.45, 7) is 0.